The zero-order valence-electron chi connectivity index (χ0n) is 10.5. The fourth-order valence-electron chi connectivity index (χ4n) is 2.78. The maximum Gasteiger partial charge on any atom is 0.249 e. The lowest BCUT2D eigenvalue weighted by Crippen LogP contribution is -2.46. The summed E-state index contributed by atoms with van der Waals surface area (Å²) in [7, 11) is 0. The van der Waals surface area contributed by atoms with E-state index in [0.29, 0.717) is 19.4 Å². The van der Waals surface area contributed by atoms with E-state index >= 15 is 0 Å². The van der Waals surface area contributed by atoms with Gasteiger partial charge in [-0.15, -0.1) is 0 Å². The average Bonchev–Trinajstić information content (AvgIpc) is 2.83. The van der Waals surface area contributed by atoms with Crippen molar-refractivity contribution in [2.45, 2.75) is 31.7 Å². The van der Waals surface area contributed by atoms with Crippen LogP contribution < -0.4 is 10.2 Å². The molecular formula is C14H15FN2O2. The van der Waals surface area contributed by atoms with Crippen molar-refractivity contribution >= 4 is 17.5 Å². The monoisotopic (exact) mass is 262 g/mol. The van der Waals surface area contributed by atoms with Gasteiger partial charge in [-0.2, -0.15) is 0 Å². The molecule has 2 amide bonds. The second-order valence-electron chi connectivity index (χ2n) is 5.03. The Morgan fingerprint density at radius 1 is 1.37 bits per heavy atom. The number of rotatable bonds is 1. The van der Waals surface area contributed by atoms with Gasteiger partial charge in [0.15, 0.2) is 0 Å². The number of hydrogen-bond donors (Lipinski definition) is 1. The molecule has 0 radical (unpaired) electrons. The van der Waals surface area contributed by atoms with Crippen LogP contribution in [0.2, 0.25) is 0 Å². The molecule has 1 aromatic rings. The molecule has 1 atom stereocenters. The van der Waals surface area contributed by atoms with Gasteiger partial charge in [0.2, 0.25) is 11.8 Å². The van der Waals surface area contributed by atoms with E-state index in [4.69, 9.17) is 0 Å². The fraction of sp³-hybridized carbons (Fsp3) is 0.429. The molecule has 2 aliphatic heterocycles. The van der Waals surface area contributed by atoms with Gasteiger partial charge in [-0.1, -0.05) is 0 Å². The minimum atomic E-state index is -0.427. The number of fused-ring (bicyclic) bond motifs is 1. The van der Waals surface area contributed by atoms with Crippen LogP contribution in [0.15, 0.2) is 18.2 Å². The summed E-state index contributed by atoms with van der Waals surface area (Å²) in [5.74, 6) is -0.435. The SMILES string of the molecule is O=C1CCC(C(=O)N2CCCc3cc(F)ccc32)N1. The molecule has 19 heavy (non-hydrogen) atoms. The number of benzene rings is 1. The molecule has 2 aliphatic rings. The second-order valence-corrected chi connectivity index (χ2v) is 5.03. The molecule has 0 saturated carbocycles. The van der Waals surface area contributed by atoms with Crippen molar-refractivity contribution in [2.75, 3.05) is 11.4 Å². The van der Waals surface area contributed by atoms with E-state index in [9.17, 15) is 14.0 Å². The first-order chi connectivity index (χ1) is 9.15. The van der Waals surface area contributed by atoms with Crippen molar-refractivity contribution in [2.24, 2.45) is 0 Å². The van der Waals surface area contributed by atoms with Crippen molar-refractivity contribution < 1.29 is 14.0 Å². The molecule has 1 unspecified atom stereocenters. The first-order valence-electron chi connectivity index (χ1n) is 6.54. The highest BCUT2D eigenvalue weighted by Crippen LogP contribution is 2.29. The quantitative estimate of drug-likeness (QED) is 0.831. The van der Waals surface area contributed by atoms with Crippen LogP contribution in [0, 0.1) is 5.82 Å². The van der Waals surface area contributed by atoms with E-state index in [-0.39, 0.29) is 17.6 Å². The summed E-state index contributed by atoms with van der Waals surface area (Å²) in [6.45, 7) is 0.629. The van der Waals surface area contributed by atoms with Gasteiger partial charge in [0, 0.05) is 18.7 Å². The van der Waals surface area contributed by atoms with Crippen molar-refractivity contribution in [1.82, 2.24) is 5.32 Å². The number of carbonyl (C=O) groups excluding carboxylic acids is 2. The van der Waals surface area contributed by atoms with Crippen LogP contribution in [0.25, 0.3) is 0 Å². The Kier molecular flexibility index (Phi) is 2.97. The highest BCUT2D eigenvalue weighted by molar-refractivity contribution is 6.01. The number of nitrogens with zero attached hydrogens (tertiary/aromatic N) is 1. The first kappa shape index (κ1) is 12.1. The topological polar surface area (TPSA) is 49.4 Å². The van der Waals surface area contributed by atoms with Gasteiger partial charge in [-0.25, -0.2) is 4.39 Å². The summed E-state index contributed by atoms with van der Waals surface area (Å²) in [6.07, 6.45) is 2.56. The summed E-state index contributed by atoms with van der Waals surface area (Å²) in [5.41, 5.74) is 1.64. The normalized spacial score (nSPS) is 22.1. The summed E-state index contributed by atoms with van der Waals surface area (Å²) < 4.78 is 13.2. The third kappa shape index (κ3) is 2.20. The molecule has 0 aliphatic carbocycles. The third-order valence-electron chi connectivity index (χ3n) is 3.72. The lowest BCUT2D eigenvalue weighted by molar-refractivity contribution is -0.124. The van der Waals surface area contributed by atoms with E-state index in [0.717, 1.165) is 24.1 Å². The van der Waals surface area contributed by atoms with Crippen molar-refractivity contribution in [3.63, 3.8) is 0 Å². The molecular weight excluding hydrogens is 247 g/mol. The molecule has 1 fully saturated rings. The van der Waals surface area contributed by atoms with Gasteiger partial charge in [0.25, 0.3) is 0 Å². The largest absolute Gasteiger partial charge is 0.344 e. The van der Waals surface area contributed by atoms with Crippen LogP contribution in [-0.4, -0.2) is 24.4 Å². The number of aryl methyl sites for hydroxylation is 1. The molecule has 0 spiro atoms. The molecule has 0 aromatic heterocycles. The maximum atomic E-state index is 13.2. The predicted octanol–water partition coefficient (Wildman–Crippen LogP) is 1.38. The Hall–Kier alpha value is -1.91. The Bertz CT molecular complexity index is 544. The van der Waals surface area contributed by atoms with Crippen molar-refractivity contribution in [1.29, 1.82) is 0 Å². The minimum absolute atomic E-state index is 0.0744. The van der Waals surface area contributed by atoms with E-state index in [1.54, 1.807) is 11.0 Å². The Balaban J connectivity index is 1.87. The van der Waals surface area contributed by atoms with E-state index in [1.807, 2.05) is 0 Å². The van der Waals surface area contributed by atoms with Crippen molar-refractivity contribution in [3.05, 3.63) is 29.6 Å². The number of nitrogens with one attached hydrogen (secondary N) is 1. The smallest absolute Gasteiger partial charge is 0.249 e. The van der Waals surface area contributed by atoms with Gasteiger partial charge < -0.3 is 10.2 Å². The summed E-state index contributed by atoms with van der Waals surface area (Å²) >= 11 is 0. The minimum Gasteiger partial charge on any atom is -0.344 e. The number of halogens is 1. The second kappa shape index (κ2) is 4.64. The van der Waals surface area contributed by atoms with E-state index in [1.165, 1.54) is 12.1 Å². The highest BCUT2D eigenvalue weighted by atomic mass is 19.1. The molecule has 1 saturated heterocycles. The number of amides is 2. The molecule has 0 bridgehead atoms. The summed E-state index contributed by atoms with van der Waals surface area (Å²) in [5, 5.41) is 2.69. The Morgan fingerprint density at radius 3 is 2.95 bits per heavy atom. The molecule has 3 rings (SSSR count). The Morgan fingerprint density at radius 2 is 2.21 bits per heavy atom. The van der Waals surface area contributed by atoms with Crippen LogP contribution >= 0.6 is 0 Å². The van der Waals surface area contributed by atoms with Crippen molar-refractivity contribution in [3.8, 4) is 0 Å². The van der Waals surface area contributed by atoms with Gasteiger partial charge in [0.05, 0.1) is 0 Å². The number of carbonyl (C=O) groups is 2. The average molecular weight is 262 g/mol. The zero-order chi connectivity index (χ0) is 13.4. The number of hydrogen-bond acceptors (Lipinski definition) is 2. The first-order valence-corrected chi connectivity index (χ1v) is 6.54. The lowest BCUT2D eigenvalue weighted by Gasteiger charge is -2.31. The van der Waals surface area contributed by atoms with Crippen LogP contribution in [-0.2, 0) is 16.0 Å². The molecule has 4 nitrogen and oxygen atoms in total. The molecule has 100 valence electrons. The summed E-state index contributed by atoms with van der Waals surface area (Å²) in [4.78, 5) is 25.3. The molecule has 1 N–H and O–H groups in total. The zero-order valence-corrected chi connectivity index (χ0v) is 10.5. The summed E-state index contributed by atoms with van der Waals surface area (Å²) in [6, 6.07) is 4.08. The van der Waals surface area contributed by atoms with Crippen LogP contribution in [0.5, 0.6) is 0 Å². The van der Waals surface area contributed by atoms with Crippen LogP contribution in [0.1, 0.15) is 24.8 Å². The van der Waals surface area contributed by atoms with E-state index < -0.39 is 6.04 Å². The number of anilines is 1. The van der Waals surface area contributed by atoms with Crippen LogP contribution in [0.4, 0.5) is 10.1 Å². The van der Waals surface area contributed by atoms with Gasteiger partial charge in [-0.05, 0) is 43.0 Å². The van der Waals surface area contributed by atoms with Gasteiger partial charge >= 0.3 is 0 Å². The molecule has 1 aromatic carbocycles. The lowest BCUT2D eigenvalue weighted by atomic mass is 10.0. The van der Waals surface area contributed by atoms with E-state index in [2.05, 4.69) is 5.32 Å². The van der Waals surface area contributed by atoms with Crippen LogP contribution in [0.3, 0.4) is 0 Å². The molecule has 5 heteroatoms. The van der Waals surface area contributed by atoms with Gasteiger partial charge in [0.1, 0.15) is 11.9 Å². The highest BCUT2D eigenvalue weighted by Gasteiger charge is 2.33. The Labute approximate surface area is 110 Å². The van der Waals surface area contributed by atoms with Gasteiger partial charge in [-0.3, -0.25) is 9.59 Å². The maximum absolute atomic E-state index is 13.2. The predicted molar refractivity (Wildman–Crippen MR) is 68.2 cm³/mol. The third-order valence-corrected chi connectivity index (χ3v) is 3.72. The fourth-order valence-corrected chi connectivity index (χ4v) is 2.78. The molecule has 2 heterocycles. The standard InChI is InChI=1S/C14H15FN2O2/c15-10-3-5-12-9(8-10)2-1-7-17(12)14(19)11-4-6-13(18)16-11/h3,5,8,11H,1-2,4,6-7H2,(H,16,18).